The molecule has 0 aliphatic heterocycles. The lowest BCUT2D eigenvalue weighted by Gasteiger charge is -2.16. The molecule has 0 spiro atoms. The highest BCUT2D eigenvalue weighted by Gasteiger charge is 2.30. The third-order valence-electron chi connectivity index (χ3n) is 2.75. The van der Waals surface area contributed by atoms with Gasteiger partial charge in [-0.05, 0) is 30.7 Å². The van der Waals surface area contributed by atoms with Crippen molar-refractivity contribution in [3.63, 3.8) is 0 Å². The molecule has 0 aromatic heterocycles. The Labute approximate surface area is 120 Å². The summed E-state index contributed by atoms with van der Waals surface area (Å²) < 4.78 is 37.2. The molecular formula is C13H15F3N2OS. The SMILES string of the molecule is CCC(CC(N)=S)NC(=O)c1ccc(C(F)(F)F)cc1. The highest BCUT2D eigenvalue weighted by Crippen LogP contribution is 2.29. The number of nitrogens with one attached hydrogen (secondary N) is 1. The van der Waals surface area contributed by atoms with Crippen LogP contribution in [0.25, 0.3) is 0 Å². The molecule has 1 aromatic rings. The van der Waals surface area contributed by atoms with Crippen LogP contribution in [0.4, 0.5) is 13.2 Å². The highest BCUT2D eigenvalue weighted by atomic mass is 32.1. The van der Waals surface area contributed by atoms with Gasteiger partial charge in [0, 0.05) is 18.0 Å². The Hall–Kier alpha value is -1.63. The molecule has 1 aromatic carbocycles. The van der Waals surface area contributed by atoms with Crippen molar-refractivity contribution >= 4 is 23.1 Å². The zero-order valence-electron chi connectivity index (χ0n) is 10.8. The van der Waals surface area contributed by atoms with Crippen molar-refractivity contribution in [2.24, 2.45) is 5.73 Å². The first-order chi connectivity index (χ1) is 9.24. The van der Waals surface area contributed by atoms with Crippen LogP contribution in [-0.2, 0) is 6.18 Å². The van der Waals surface area contributed by atoms with E-state index < -0.39 is 17.6 Å². The molecule has 1 unspecified atom stereocenters. The number of carbonyl (C=O) groups excluding carboxylic acids is 1. The number of hydrogen-bond donors (Lipinski definition) is 2. The number of rotatable bonds is 5. The summed E-state index contributed by atoms with van der Waals surface area (Å²) in [6.07, 6.45) is -3.42. The zero-order chi connectivity index (χ0) is 15.3. The van der Waals surface area contributed by atoms with Gasteiger partial charge in [0.15, 0.2) is 0 Å². The lowest BCUT2D eigenvalue weighted by Crippen LogP contribution is -2.37. The Kier molecular flexibility index (Phi) is 5.50. The summed E-state index contributed by atoms with van der Waals surface area (Å²) in [5.41, 5.74) is 4.78. The second-order valence-corrected chi connectivity index (χ2v) is 4.85. The molecular weight excluding hydrogens is 289 g/mol. The van der Waals surface area contributed by atoms with Gasteiger partial charge in [-0.3, -0.25) is 4.79 Å². The van der Waals surface area contributed by atoms with Crippen molar-refractivity contribution in [2.45, 2.75) is 32.0 Å². The second kappa shape index (κ2) is 6.69. The van der Waals surface area contributed by atoms with Crippen LogP contribution in [0.1, 0.15) is 35.7 Å². The summed E-state index contributed by atoms with van der Waals surface area (Å²) in [5.74, 6) is -0.443. The summed E-state index contributed by atoms with van der Waals surface area (Å²) in [6, 6.07) is 3.83. The minimum Gasteiger partial charge on any atom is -0.393 e. The van der Waals surface area contributed by atoms with Crippen LogP contribution in [0.3, 0.4) is 0 Å². The summed E-state index contributed by atoms with van der Waals surface area (Å²) in [5, 5.41) is 2.68. The second-order valence-electron chi connectivity index (χ2n) is 4.32. The number of alkyl halides is 3. The maximum atomic E-state index is 12.4. The Morgan fingerprint density at radius 3 is 2.30 bits per heavy atom. The van der Waals surface area contributed by atoms with E-state index in [1.165, 1.54) is 0 Å². The van der Waals surface area contributed by atoms with E-state index in [-0.39, 0.29) is 16.6 Å². The largest absolute Gasteiger partial charge is 0.416 e. The number of benzene rings is 1. The van der Waals surface area contributed by atoms with Gasteiger partial charge in [0.1, 0.15) is 0 Å². The van der Waals surface area contributed by atoms with Gasteiger partial charge in [-0.25, -0.2) is 0 Å². The number of nitrogens with two attached hydrogens (primary N) is 1. The first-order valence-corrected chi connectivity index (χ1v) is 6.41. The van der Waals surface area contributed by atoms with E-state index in [4.69, 9.17) is 18.0 Å². The lowest BCUT2D eigenvalue weighted by molar-refractivity contribution is -0.137. The molecule has 110 valence electrons. The normalized spacial score (nSPS) is 12.8. The van der Waals surface area contributed by atoms with Crippen molar-refractivity contribution in [2.75, 3.05) is 0 Å². The molecule has 0 bridgehead atoms. The maximum absolute atomic E-state index is 12.4. The fourth-order valence-corrected chi connectivity index (χ4v) is 1.82. The number of thiocarbonyl (C=S) groups is 1. The van der Waals surface area contributed by atoms with Crippen molar-refractivity contribution < 1.29 is 18.0 Å². The summed E-state index contributed by atoms with van der Waals surface area (Å²) in [6.45, 7) is 1.86. The first kappa shape index (κ1) is 16.4. The van der Waals surface area contributed by atoms with E-state index in [9.17, 15) is 18.0 Å². The molecule has 7 heteroatoms. The van der Waals surface area contributed by atoms with Crippen LogP contribution < -0.4 is 11.1 Å². The number of carbonyl (C=O) groups is 1. The van der Waals surface area contributed by atoms with Gasteiger partial charge in [-0.15, -0.1) is 0 Å². The van der Waals surface area contributed by atoms with E-state index in [1.807, 2.05) is 6.92 Å². The third kappa shape index (κ3) is 4.80. The summed E-state index contributed by atoms with van der Waals surface area (Å²) in [4.78, 5) is 12.2. The Balaban J connectivity index is 2.75. The molecule has 1 rings (SSSR count). The van der Waals surface area contributed by atoms with E-state index in [2.05, 4.69) is 5.32 Å². The molecule has 0 saturated carbocycles. The van der Waals surface area contributed by atoms with Crippen molar-refractivity contribution in [3.05, 3.63) is 35.4 Å². The molecule has 1 amide bonds. The Morgan fingerprint density at radius 2 is 1.90 bits per heavy atom. The van der Waals surface area contributed by atoms with Crippen molar-refractivity contribution in [1.29, 1.82) is 0 Å². The molecule has 0 fully saturated rings. The average Bonchev–Trinajstić information content (AvgIpc) is 2.36. The van der Waals surface area contributed by atoms with Crippen LogP contribution in [0.2, 0.25) is 0 Å². The van der Waals surface area contributed by atoms with Gasteiger partial charge in [0.2, 0.25) is 0 Å². The van der Waals surface area contributed by atoms with Gasteiger partial charge >= 0.3 is 6.18 Å². The van der Waals surface area contributed by atoms with Gasteiger partial charge < -0.3 is 11.1 Å². The van der Waals surface area contributed by atoms with Crippen LogP contribution in [0, 0.1) is 0 Å². The van der Waals surface area contributed by atoms with Crippen LogP contribution >= 0.6 is 12.2 Å². The van der Waals surface area contributed by atoms with Gasteiger partial charge in [0.05, 0.1) is 10.6 Å². The molecule has 0 heterocycles. The standard InChI is InChI=1S/C13H15F3N2OS/c1-2-10(7-11(17)20)18-12(19)8-3-5-9(6-4-8)13(14,15)16/h3-6,10H,2,7H2,1H3,(H2,17,20)(H,18,19). The van der Waals surface area contributed by atoms with E-state index in [1.54, 1.807) is 0 Å². The highest BCUT2D eigenvalue weighted by molar-refractivity contribution is 7.80. The minimum atomic E-state index is -4.41. The van der Waals surface area contributed by atoms with Crippen LogP contribution in [0.15, 0.2) is 24.3 Å². The first-order valence-electron chi connectivity index (χ1n) is 6.00. The average molecular weight is 304 g/mol. The fraction of sp³-hybridized carbons (Fsp3) is 0.385. The Morgan fingerprint density at radius 1 is 1.35 bits per heavy atom. The maximum Gasteiger partial charge on any atom is 0.416 e. The molecule has 3 N–H and O–H groups in total. The molecule has 3 nitrogen and oxygen atoms in total. The molecule has 1 atom stereocenters. The lowest BCUT2D eigenvalue weighted by atomic mass is 10.1. The predicted molar refractivity (Wildman–Crippen MR) is 74.4 cm³/mol. The molecule has 0 radical (unpaired) electrons. The van der Waals surface area contributed by atoms with E-state index >= 15 is 0 Å². The molecule has 20 heavy (non-hydrogen) atoms. The van der Waals surface area contributed by atoms with Gasteiger partial charge in [0.25, 0.3) is 5.91 Å². The minimum absolute atomic E-state index is 0.166. The monoisotopic (exact) mass is 304 g/mol. The Bertz CT molecular complexity index is 485. The smallest absolute Gasteiger partial charge is 0.393 e. The number of halogens is 3. The van der Waals surface area contributed by atoms with Crippen LogP contribution in [0.5, 0.6) is 0 Å². The summed E-state index contributed by atoms with van der Waals surface area (Å²) in [7, 11) is 0. The van der Waals surface area contributed by atoms with Crippen molar-refractivity contribution in [3.8, 4) is 0 Å². The quantitative estimate of drug-likeness (QED) is 0.822. The van der Waals surface area contributed by atoms with Gasteiger partial charge in [-0.2, -0.15) is 13.2 Å². The zero-order valence-corrected chi connectivity index (χ0v) is 11.6. The van der Waals surface area contributed by atoms with E-state index in [0.717, 1.165) is 24.3 Å². The number of hydrogen-bond acceptors (Lipinski definition) is 2. The van der Waals surface area contributed by atoms with E-state index in [0.29, 0.717) is 12.8 Å². The van der Waals surface area contributed by atoms with Crippen LogP contribution in [-0.4, -0.2) is 16.9 Å². The van der Waals surface area contributed by atoms with Gasteiger partial charge in [-0.1, -0.05) is 19.1 Å². The predicted octanol–water partition coefficient (Wildman–Crippen LogP) is 2.89. The number of amides is 1. The molecule has 0 aliphatic rings. The molecule has 0 aliphatic carbocycles. The van der Waals surface area contributed by atoms with Crippen molar-refractivity contribution in [1.82, 2.24) is 5.32 Å². The third-order valence-corrected chi connectivity index (χ3v) is 2.92. The fourth-order valence-electron chi connectivity index (χ4n) is 1.62. The topological polar surface area (TPSA) is 55.1 Å². The molecule has 0 saturated heterocycles. The summed E-state index contributed by atoms with van der Waals surface area (Å²) >= 11 is 4.77.